The molecule has 0 aromatic heterocycles. The number of hydrogen-bond acceptors (Lipinski definition) is 0. The maximum atomic E-state index is 2.72. The van der Waals surface area contributed by atoms with Crippen LogP contribution in [-0.4, -0.2) is 0 Å². The van der Waals surface area contributed by atoms with Gasteiger partial charge in [0.15, 0.2) is 0 Å². The predicted octanol–water partition coefficient (Wildman–Crippen LogP) is 12.9. The minimum atomic E-state index is -0.224. The molecule has 5 aliphatic carbocycles. The molecule has 0 nitrogen and oxygen atoms in total. The van der Waals surface area contributed by atoms with Gasteiger partial charge in [-0.2, -0.15) is 0 Å². The summed E-state index contributed by atoms with van der Waals surface area (Å²) in [6.07, 6.45) is 19.9. The van der Waals surface area contributed by atoms with Crippen LogP contribution in [0.4, 0.5) is 0 Å². The van der Waals surface area contributed by atoms with E-state index < -0.39 is 0 Å². The minimum Gasteiger partial charge on any atom is -0.0842 e. The van der Waals surface area contributed by atoms with Crippen molar-refractivity contribution in [1.82, 2.24) is 0 Å². The van der Waals surface area contributed by atoms with Crippen LogP contribution in [0.3, 0.4) is 0 Å². The summed E-state index contributed by atoms with van der Waals surface area (Å²) in [5.41, 5.74) is 15.2. The van der Waals surface area contributed by atoms with Gasteiger partial charge in [-0.1, -0.05) is 182 Å². The molecule has 8 rings (SSSR count). The molecule has 0 heteroatoms. The zero-order valence-electron chi connectivity index (χ0n) is 31.7. The number of rotatable bonds is 6. The molecular formula is C50H56. The van der Waals surface area contributed by atoms with Gasteiger partial charge in [0.05, 0.1) is 0 Å². The van der Waals surface area contributed by atoms with Crippen LogP contribution in [0.1, 0.15) is 90.5 Å². The van der Waals surface area contributed by atoms with Crippen molar-refractivity contribution in [3.05, 3.63) is 172 Å². The Morgan fingerprint density at radius 1 is 0.660 bits per heavy atom. The molecule has 0 heterocycles. The largest absolute Gasteiger partial charge is 0.0842 e. The fraction of sp³-hybridized carbons (Fsp3) is 0.400. The summed E-state index contributed by atoms with van der Waals surface area (Å²) in [5.74, 6) is 0.722. The lowest BCUT2D eigenvalue weighted by molar-refractivity contribution is -0.184. The van der Waals surface area contributed by atoms with Crippen molar-refractivity contribution >= 4 is 5.57 Å². The average Bonchev–Trinajstić information content (AvgIpc) is 3.77. The van der Waals surface area contributed by atoms with E-state index in [0.29, 0.717) is 5.92 Å². The van der Waals surface area contributed by atoms with Crippen molar-refractivity contribution in [3.8, 4) is 0 Å². The maximum absolute atomic E-state index is 2.72. The highest BCUT2D eigenvalue weighted by Crippen LogP contribution is 2.81. The first kappa shape index (κ1) is 33.3. The lowest BCUT2D eigenvalue weighted by atomic mass is 9.28. The van der Waals surface area contributed by atoms with E-state index in [9.17, 15) is 0 Å². The molecule has 1 saturated carbocycles. The fourth-order valence-corrected chi connectivity index (χ4v) is 11.9. The first-order valence-electron chi connectivity index (χ1n) is 19.2. The fourth-order valence-electron chi connectivity index (χ4n) is 11.9. The van der Waals surface area contributed by atoms with Gasteiger partial charge in [-0.15, -0.1) is 0 Å². The molecule has 0 N–H and O–H groups in total. The Hall–Kier alpha value is -3.90. The Kier molecular flexibility index (Phi) is 7.69. The molecule has 3 unspecified atom stereocenters. The molecule has 0 amide bonds. The molecule has 0 radical (unpaired) electrons. The van der Waals surface area contributed by atoms with Crippen molar-refractivity contribution in [3.63, 3.8) is 0 Å². The van der Waals surface area contributed by atoms with Gasteiger partial charge in [-0.25, -0.2) is 0 Å². The van der Waals surface area contributed by atoms with Crippen LogP contribution in [0.25, 0.3) is 5.57 Å². The third kappa shape index (κ3) is 4.36. The quantitative estimate of drug-likeness (QED) is 0.232. The van der Waals surface area contributed by atoms with Crippen LogP contribution in [0.5, 0.6) is 0 Å². The van der Waals surface area contributed by atoms with Crippen molar-refractivity contribution in [2.75, 3.05) is 0 Å². The van der Waals surface area contributed by atoms with Crippen LogP contribution in [0, 0.1) is 38.9 Å². The molecule has 1 fully saturated rings. The van der Waals surface area contributed by atoms with Gasteiger partial charge in [-0.3, -0.25) is 0 Å². The molecule has 0 saturated heterocycles. The summed E-state index contributed by atoms with van der Waals surface area (Å²) in [6, 6.07) is 31.9. The molecular weight excluding hydrogens is 601 g/mol. The average molecular weight is 657 g/mol. The lowest BCUT2D eigenvalue weighted by Gasteiger charge is -2.75. The number of allylic oxidation sites excluding steroid dienone is 12. The first-order valence-corrected chi connectivity index (χ1v) is 19.2. The van der Waals surface area contributed by atoms with E-state index in [2.05, 4.69) is 177 Å². The van der Waals surface area contributed by atoms with Gasteiger partial charge >= 0.3 is 0 Å². The molecule has 0 aliphatic heterocycles. The van der Waals surface area contributed by atoms with Crippen LogP contribution in [0.15, 0.2) is 149 Å². The van der Waals surface area contributed by atoms with Gasteiger partial charge in [0.25, 0.3) is 0 Å². The maximum Gasteiger partial charge on any atom is 0.0175 e. The molecule has 3 aromatic rings. The Labute approximate surface area is 302 Å². The number of hydrogen-bond donors (Lipinski definition) is 0. The SMILES string of the molecule is CC1(C(=C(Cc2ccccc2)Cc2ccccc2)C2C=CC=C2)C2=C3Cc4ccccc4C3=C3C=CCCC3C2(C)C(C)(C)C(C)(C)C1(C)C. The highest BCUT2D eigenvalue weighted by molar-refractivity contribution is 5.92. The molecule has 50 heavy (non-hydrogen) atoms. The topological polar surface area (TPSA) is 0 Å². The van der Waals surface area contributed by atoms with Gasteiger partial charge in [0.2, 0.25) is 0 Å². The highest BCUT2D eigenvalue weighted by atomic mass is 14.8. The summed E-state index contributed by atoms with van der Waals surface area (Å²) in [6.45, 7) is 21.3. The number of fused-ring (bicyclic) bond motifs is 6. The van der Waals surface area contributed by atoms with Crippen LogP contribution in [0.2, 0.25) is 0 Å². The minimum absolute atomic E-state index is 0.00464. The second-order valence-electron chi connectivity index (χ2n) is 17.9. The summed E-state index contributed by atoms with van der Waals surface area (Å²) < 4.78 is 0. The second-order valence-corrected chi connectivity index (χ2v) is 17.9. The molecule has 5 aliphatic rings. The van der Waals surface area contributed by atoms with Gasteiger partial charge in [0.1, 0.15) is 0 Å². The molecule has 256 valence electrons. The predicted molar refractivity (Wildman–Crippen MR) is 213 cm³/mol. The van der Waals surface area contributed by atoms with Gasteiger partial charge < -0.3 is 0 Å². The summed E-state index contributed by atoms with van der Waals surface area (Å²) >= 11 is 0. The van der Waals surface area contributed by atoms with Crippen molar-refractivity contribution in [1.29, 1.82) is 0 Å². The standard InChI is InChI=1S/C50H56/c1-46(2)47(3,4)49(7)42-30-20-19-29-40(42)43-39-28-18-17-27-37(39)33-41(43)45(49)50(8,48(46,5)6)44(36-25-15-16-26-36)38(31-34-21-11-9-12-22-34)32-35-23-13-10-14-24-35/h9-19,21-29,36,42H,20,30-33H2,1-8H3. The van der Waals surface area contributed by atoms with Gasteiger partial charge in [-0.05, 0) is 104 Å². The van der Waals surface area contributed by atoms with E-state index in [4.69, 9.17) is 0 Å². The van der Waals surface area contributed by atoms with E-state index in [0.717, 1.165) is 25.7 Å². The lowest BCUT2D eigenvalue weighted by Crippen LogP contribution is -2.69. The summed E-state index contributed by atoms with van der Waals surface area (Å²) in [5, 5.41) is 0. The molecule has 3 atom stereocenters. The first-order chi connectivity index (χ1) is 23.9. The van der Waals surface area contributed by atoms with Crippen LogP contribution < -0.4 is 0 Å². The van der Waals surface area contributed by atoms with Gasteiger partial charge in [0, 0.05) is 16.7 Å². The van der Waals surface area contributed by atoms with Crippen LogP contribution >= 0.6 is 0 Å². The van der Waals surface area contributed by atoms with E-state index in [1.54, 1.807) is 33.4 Å². The summed E-state index contributed by atoms with van der Waals surface area (Å²) in [4.78, 5) is 0. The third-order valence-electron chi connectivity index (χ3n) is 15.8. The molecule has 0 bridgehead atoms. The highest BCUT2D eigenvalue weighted by Gasteiger charge is 2.73. The zero-order chi connectivity index (χ0) is 35.1. The van der Waals surface area contributed by atoms with E-state index in [-0.39, 0.29) is 33.0 Å². The van der Waals surface area contributed by atoms with Crippen molar-refractivity contribution in [2.24, 2.45) is 38.9 Å². The van der Waals surface area contributed by atoms with Crippen LogP contribution in [-0.2, 0) is 19.3 Å². The Morgan fingerprint density at radius 2 is 1.24 bits per heavy atom. The monoisotopic (exact) mass is 656 g/mol. The Morgan fingerprint density at radius 3 is 1.86 bits per heavy atom. The Balaban J connectivity index is 1.53. The van der Waals surface area contributed by atoms with E-state index in [1.165, 1.54) is 28.7 Å². The van der Waals surface area contributed by atoms with Crippen molar-refractivity contribution < 1.29 is 0 Å². The molecule has 0 spiro atoms. The summed E-state index contributed by atoms with van der Waals surface area (Å²) in [7, 11) is 0. The molecule has 3 aromatic carbocycles. The van der Waals surface area contributed by atoms with E-state index >= 15 is 0 Å². The second kappa shape index (κ2) is 11.6. The number of benzene rings is 3. The third-order valence-corrected chi connectivity index (χ3v) is 15.8. The normalized spacial score (nSPS) is 28.3. The van der Waals surface area contributed by atoms with Crippen molar-refractivity contribution in [2.45, 2.75) is 87.5 Å². The zero-order valence-corrected chi connectivity index (χ0v) is 31.7. The Bertz CT molecular complexity index is 1960. The van der Waals surface area contributed by atoms with E-state index in [1.807, 2.05) is 0 Å². The smallest absolute Gasteiger partial charge is 0.0175 e.